The standard InChI is InChI=1S/C22H21N5O2S/c1-14-20-16(11-17(18-9-6-10-30-18)25-21(20)27(2)26-14)22(29)24-13-19(28)23-12-15-7-4-3-5-8-15/h3-11H,12-13H2,1-2H3,(H,23,28)(H,24,29). The third-order valence-electron chi connectivity index (χ3n) is 4.73. The van der Waals surface area contributed by atoms with Crippen LogP contribution >= 0.6 is 11.3 Å². The molecule has 0 aliphatic carbocycles. The molecular weight excluding hydrogens is 398 g/mol. The van der Waals surface area contributed by atoms with E-state index in [9.17, 15) is 9.59 Å². The number of aryl methyl sites for hydroxylation is 2. The first kappa shape index (κ1) is 19.8. The second-order valence-electron chi connectivity index (χ2n) is 6.88. The van der Waals surface area contributed by atoms with Gasteiger partial charge in [0.25, 0.3) is 5.91 Å². The molecule has 7 nitrogen and oxygen atoms in total. The number of rotatable bonds is 6. The van der Waals surface area contributed by atoms with E-state index >= 15 is 0 Å². The molecule has 30 heavy (non-hydrogen) atoms. The molecule has 0 spiro atoms. The second-order valence-corrected chi connectivity index (χ2v) is 7.83. The molecule has 0 unspecified atom stereocenters. The molecule has 2 amide bonds. The summed E-state index contributed by atoms with van der Waals surface area (Å²) in [5.74, 6) is -0.579. The van der Waals surface area contributed by atoms with Gasteiger partial charge in [-0.25, -0.2) is 4.98 Å². The molecule has 0 fully saturated rings. The number of nitrogens with zero attached hydrogens (tertiary/aromatic N) is 3. The van der Waals surface area contributed by atoms with Crippen molar-refractivity contribution >= 4 is 34.2 Å². The Kier molecular flexibility index (Phi) is 5.58. The number of carbonyl (C=O) groups excluding carboxylic acids is 2. The van der Waals surface area contributed by atoms with Crippen molar-refractivity contribution in [2.24, 2.45) is 7.05 Å². The molecule has 4 aromatic rings. The number of hydrogen-bond donors (Lipinski definition) is 2. The Bertz CT molecular complexity index is 1200. The summed E-state index contributed by atoms with van der Waals surface area (Å²) in [5, 5.41) is 12.6. The van der Waals surface area contributed by atoms with E-state index in [0.717, 1.165) is 16.1 Å². The van der Waals surface area contributed by atoms with Gasteiger partial charge in [0.2, 0.25) is 5.91 Å². The maximum atomic E-state index is 13.0. The molecule has 0 aliphatic rings. The number of fused-ring (bicyclic) bond motifs is 1. The van der Waals surface area contributed by atoms with Gasteiger partial charge in [-0.1, -0.05) is 36.4 Å². The predicted octanol–water partition coefficient (Wildman–Crippen LogP) is 3.05. The lowest BCUT2D eigenvalue weighted by Gasteiger charge is -2.09. The minimum atomic E-state index is -0.328. The van der Waals surface area contributed by atoms with E-state index < -0.39 is 0 Å². The first-order chi connectivity index (χ1) is 14.5. The fourth-order valence-corrected chi connectivity index (χ4v) is 3.98. The van der Waals surface area contributed by atoms with Crippen molar-refractivity contribution in [2.45, 2.75) is 13.5 Å². The van der Waals surface area contributed by atoms with Crippen molar-refractivity contribution in [2.75, 3.05) is 6.54 Å². The number of nitrogens with one attached hydrogen (secondary N) is 2. The second kappa shape index (κ2) is 8.46. The van der Waals surface area contributed by atoms with E-state index in [1.807, 2.05) is 54.8 Å². The number of aromatic nitrogens is 3. The van der Waals surface area contributed by atoms with Crippen LogP contribution in [0.25, 0.3) is 21.6 Å². The summed E-state index contributed by atoms with van der Waals surface area (Å²) in [6.07, 6.45) is 0. The van der Waals surface area contributed by atoms with E-state index in [-0.39, 0.29) is 18.4 Å². The molecule has 0 atom stereocenters. The number of carbonyl (C=O) groups is 2. The predicted molar refractivity (Wildman–Crippen MR) is 117 cm³/mol. The molecule has 4 rings (SSSR count). The lowest BCUT2D eigenvalue weighted by molar-refractivity contribution is -0.120. The van der Waals surface area contributed by atoms with Gasteiger partial charge in [-0.05, 0) is 30.0 Å². The molecule has 0 saturated heterocycles. The Morgan fingerprint density at radius 2 is 1.90 bits per heavy atom. The van der Waals surface area contributed by atoms with Crippen molar-refractivity contribution < 1.29 is 9.59 Å². The fraction of sp³-hybridized carbons (Fsp3) is 0.182. The van der Waals surface area contributed by atoms with Crippen molar-refractivity contribution in [3.63, 3.8) is 0 Å². The highest BCUT2D eigenvalue weighted by Gasteiger charge is 2.20. The van der Waals surface area contributed by atoms with Gasteiger partial charge in [-0.3, -0.25) is 14.3 Å². The van der Waals surface area contributed by atoms with Crippen LogP contribution in [0, 0.1) is 6.92 Å². The van der Waals surface area contributed by atoms with Crippen molar-refractivity contribution in [3.05, 3.63) is 70.7 Å². The van der Waals surface area contributed by atoms with Crippen LogP contribution in [0.4, 0.5) is 0 Å². The van der Waals surface area contributed by atoms with Gasteiger partial charge in [0.05, 0.1) is 33.8 Å². The fourth-order valence-electron chi connectivity index (χ4n) is 3.29. The van der Waals surface area contributed by atoms with Gasteiger partial charge in [0.1, 0.15) is 0 Å². The van der Waals surface area contributed by atoms with Crippen molar-refractivity contribution in [1.82, 2.24) is 25.4 Å². The Morgan fingerprint density at radius 3 is 2.63 bits per heavy atom. The SMILES string of the molecule is Cc1nn(C)c2nc(-c3cccs3)cc(C(=O)NCC(=O)NCc3ccccc3)c12. The zero-order valence-corrected chi connectivity index (χ0v) is 17.5. The molecule has 3 heterocycles. The van der Waals surface area contributed by atoms with Crippen LogP contribution in [-0.4, -0.2) is 33.1 Å². The lowest BCUT2D eigenvalue weighted by atomic mass is 10.1. The zero-order chi connectivity index (χ0) is 21.1. The molecular formula is C22H21N5O2S. The highest BCUT2D eigenvalue weighted by Crippen LogP contribution is 2.29. The van der Waals surface area contributed by atoms with Gasteiger partial charge in [0.15, 0.2) is 5.65 Å². The Hall–Kier alpha value is -3.52. The van der Waals surface area contributed by atoms with Crippen LogP contribution in [0.2, 0.25) is 0 Å². The van der Waals surface area contributed by atoms with Crippen LogP contribution < -0.4 is 10.6 Å². The first-order valence-corrected chi connectivity index (χ1v) is 10.4. The zero-order valence-electron chi connectivity index (χ0n) is 16.7. The van der Waals surface area contributed by atoms with Crippen LogP contribution in [0.15, 0.2) is 53.9 Å². The largest absolute Gasteiger partial charge is 0.350 e. The van der Waals surface area contributed by atoms with E-state index in [1.54, 1.807) is 29.1 Å². The molecule has 8 heteroatoms. The average molecular weight is 420 g/mol. The van der Waals surface area contributed by atoms with Gasteiger partial charge in [0, 0.05) is 13.6 Å². The quantitative estimate of drug-likeness (QED) is 0.503. The topological polar surface area (TPSA) is 88.9 Å². The molecule has 152 valence electrons. The minimum Gasteiger partial charge on any atom is -0.350 e. The van der Waals surface area contributed by atoms with Gasteiger partial charge >= 0.3 is 0 Å². The summed E-state index contributed by atoms with van der Waals surface area (Å²) in [7, 11) is 1.80. The van der Waals surface area contributed by atoms with E-state index in [4.69, 9.17) is 4.98 Å². The lowest BCUT2D eigenvalue weighted by Crippen LogP contribution is -2.36. The summed E-state index contributed by atoms with van der Waals surface area (Å²) < 4.78 is 1.67. The number of hydrogen-bond acceptors (Lipinski definition) is 5. The smallest absolute Gasteiger partial charge is 0.252 e. The van der Waals surface area contributed by atoms with Crippen LogP contribution in [0.5, 0.6) is 0 Å². The Morgan fingerprint density at radius 1 is 1.10 bits per heavy atom. The Labute approximate surface area is 177 Å². The summed E-state index contributed by atoms with van der Waals surface area (Å²) in [6, 6.07) is 15.3. The van der Waals surface area contributed by atoms with Gasteiger partial charge in [-0.2, -0.15) is 5.10 Å². The first-order valence-electron chi connectivity index (χ1n) is 9.50. The molecule has 1 aromatic carbocycles. The maximum Gasteiger partial charge on any atom is 0.252 e. The van der Waals surface area contributed by atoms with Crippen LogP contribution in [-0.2, 0) is 18.4 Å². The average Bonchev–Trinajstić information content (AvgIpc) is 3.39. The highest BCUT2D eigenvalue weighted by atomic mass is 32.1. The third kappa shape index (κ3) is 4.08. The highest BCUT2D eigenvalue weighted by molar-refractivity contribution is 7.13. The molecule has 2 N–H and O–H groups in total. The summed E-state index contributed by atoms with van der Waals surface area (Å²) >= 11 is 1.55. The van der Waals surface area contributed by atoms with Crippen molar-refractivity contribution in [3.8, 4) is 10.6 Å². The van der Waals surface area contributed by atoms with E-state index in [0.29, 0.717) is 28.8 Å². The van der Waals surface area contributed by atoms with Gasteiger partial charge < -0.3 is 10.6 Å². The number of benzene rings is 1. The van der Waals surface area contributed by atoms with Crippen LogP contribution in [0.3, 0.4) is 0 Å². The molecule has 0 aliphatic heterocycles. The third-order valence-corrected chi connectivity index (χ3v) is 5.62. The van der Waals surface area contributed by atoms with E-state index in [1.165, 1.54) is 0 Å². The number of pyridine rings is 1. The summed E-state index contributed by atoms with van der Waals surface area (Å²) in [4.78, 5) is 30.8. The monoisotopic (exact) mass is 419 g/mol. The van der Waals surface area contributed by atoms with E-state index in [2.05, 4.69) is 15.7 Å². The number of amides is 2. The summed E-state index contributed by atoms with van der Waals surface area (Å²) in [6.45, 7) is 2.15. The Balaban J connectivity index is 1.53. The molecule has 0 bridgehead atoms. The van der Waals surface area contributed by atoms with Crippen molar-refractivity contribution in [1.29, 1.82) is 0 Å². The normalized spacial score (nSPS) is 10.9. The maximum absolute atomic E-state index is 13.0. The molecule has 3 aromatic heterocycles. The van der Waals surface area contributed by atoms with Gasteiger partial charge in [-0.15, -0.1) is 11.3 Å². The molecule has 0 saturated carbocycles. The molecule has 0 radical (unpaired) electrons. The minimum absolute atomic E-state index is 0.108. The summed E-state index contributed by atoms with van der Waals surface area (Å²) in [5.41, 5.74) is 3.53. The van der Waals surface area contributed by atoms with Crippen LogP contribution in [0.1, 0.15) is 21.6 Å². The number of thiophene rings is 1.